The average molecular weight is 550 g/mol. The molecular weight excluding hydrogens is 518 g/mol. The van der Waals surface area contributed by atoms with Gasteiger partial charge in [0.2, 0.25) is 11.8 Å². The average Bonchev–Trinajstić information content (AvgIpc) is 3.49. The van der Waals surface area contributed by atoms with Crippen molar-refractivity contribution in [2.24, 2.45) is 0 Å². The number of aromatic nitrogens is 3. The van der Waals surface area contributed by atoms with Gasteiger partial charge in [0.1, 0.15) is 5.75 Å². The highest BCUT2D eigenvalue weighted by atomic mass is 16.5. The van der Waals surface area contributed by atoms with Crippen molar-refractivity contribution in [2.75, 3.05) is 32.9 Å². The molecule has 1 aliphatic heterocycles. The van der Waals surface area contributed by atoms with Gasteiger partial charge in [-0.2, -0.15) is 0 Å². The third-order valence-corrected chi connectivity index (χ3v) is 7.00. The smallest absolute Gasteiger partial charge is 0.258 e. The molecule has 1 fully saturated rings. The summed E-state index contributed by atoms with van der Waals surface area (Å²) in [5.74, 6) is 1.14. The van der Waals surface area contributed by atoms with Gasteiger partial charge in [0.25, 0.3) is 5.91 Å². The Balaban J connectivity index is 1.17. The maximum Gasteiger partial charge on any atom is 0.258 e. The van der Waals surface area contributed by atoms with E-state index in [0.29, 0.717) is 37.3 Å². The zero-order valence-corrected chi connectivity index (χ0v) is 22.9. The summed E-state index contributed by atoms with van der Waals surface area (Å²) in [6.07, 6.45) is 0. The second kappa shape index (κ2) is 12.3. The van der Waals surface area contributed by atoms with E-state index in [2.05, 4.69) is 38.6 Å². The van der Waals surface area contributed by atoms with Crippen molar-refractivity contribution in [1.29, 1.82) is 0 Å². The molecule has 0 spiro atoms. The topological polar surface area (TPSA) is 103 Å². The van der Waals surface area contributed by atoms with Crippen LogP contribution in [0, 0.1) is 6.92 Å². The molecule has 5 aromatic rings. The number of carbonyl (C=O) groups is 1. The van der Waals surface area contributed by atoms with Crippen LogP contribution in [0.25, 0.3) is 33.5 Å². The fourth-order valence-electron chi connectivity index (χ4n) is 4.95. The lowest BCUT2D eigenvalue weighted by Gasteiger charge is -2.27. The summed E-state index contributed by atoms with van der Waals surface area (Å²) in [6, 6.07) is 25.9. The first-order valence-electron chi connectivity index (χ1n) is 13.7. The number of para-hydroxylation sites is 1. The van der Waals surface area contributed by atoms with Crippen LogP contribution in [-0.4, -0.2) is 58.9 Å². The molecule has 0 aliphatic carbocycles. The Morgan fingerprint density at radius 2 is 1.76 bits per heavy atom. The molecule has 0 radical (unpaired) electrons. The molecule has 9 heteroatoms. The van der Waals surface area contributed by atoms with Crippen LogP contribution in [0.3, 0.4) is 0 Å². The van der Waals surface area contributed by atoms with E-state index < -0.39 is 0 Å². The molecule has 2 aromatic heterocycles. The van der Waals surface area contributed by atoms with E-state index >= 15 is 0 Å². The Labute approximate surface area is 238 Å². The van der Waals surface area contributed by atoms with Gasteiger partial charge in [-0.25, -0.2) is 0 Å². The number of nitrogens with one attached hydrogen (secondary N) is 1. The van der Waals surface area contributed by atoms with E-state index in [-0.39, 0.29) is 19.1 Å². The Bertz CT molecular complexity index is 1650. The Hall–Kier alpha value is -4.60. The molecule has 1 saturated heterocycles. The lowest BCUT2D eigenvalue weighted by molar-refractivity contribution is -0.123. The molecule has 0 saturated carbocycles. The minimum absolute atomic E-state index is 0.121. The molecule has 1 amide bonds. The van der Waals surface area contributed by atoms with Gasteiger partial charge < -0.3 is 19.2 Å². The molecule has 1 N–H and O–H groups in total. The fraction of sp³-hybridized carbons (Fsp3) is 0.250. The molecular formula is C32H31N5O4. The van der Waals surface area contributed by atoms with E-state index in [1.54, 1.807) is 0 Å². The normalized spacial score (nSPS) is 13.8. The van der Waals surface area contributed by atoms with Crippen molar-refractivity contribution >= 4 is 16.8 Å². The summed E-state index contributed by atoms with van der Waals surface area (Å²) >= 11 is 0. The highest BCUT2D eigenvalue weighted by Crippen LogP contribution is 2.33. The summed E-state index contributed by atoms with van der Waals surface area (Å²) in [4.78, 5) is 19.7. The van der Waals surface area contributed by atoms with Crippen molar-refractivity contribution in [3.05, 3.63) is 96.0 Å². The van der Waals surface area contributed by atoms with E-state index in [0.717, 1.165) is 51.9 Å². The van der Waals surface area contributed by atoms with Crippen LogP contribution >= 0.6 is 0 Å². The molecule has 9 nitrogen and oxygen atoms in total. The minimum atomic E-state index is -0.276. The second-order valence-electron chi connectivity index (χ2n) is 9.97. The van der Waals surface area contributed by atoms with Crippen molar-refractivity contribution < 1.29 is 18.7 Å². The number of hydrogen-bond donors (Lipinski definition) is 1. The summed E-state index contributed by atoms with van der Waals surface area (Å²) < 4.78 is 17.3. The van der Waals surface area contributed by atoms with Crippen molar-refractivity contribution in [3.63, 3.8) is 0 Å². The SMILES string of the molecule is Cc1cc(-c2ccc(OCC(=O)NCc3nnc(-c4ccccc4)o3)c(CN3CCOCC3)c2)c2ccccc2n1. The number of nitrogens with zero attached hydrogens (tertiary/aromatic N) is 4. The van der Waals surface area contributed by atoms with Gasteiger partial charge >= 0.3 is 0 Å². The predicted octanol–water partition coefficient (Wildman–Crippen LogP) is 4.79. The third-order valence-electron chi connectivity index (χ3n) is 7.00. The standard InChI is InChI=1S/C32H31N5O4/c1-22-17-27(26-9-5-6-10-28(26)34-22)24-11-12-29(25(18-24)20-37-13-15-39-16-14-37)40-21-30(38)33-19-31-35-36-32(41-31)23-7-3-2-4-8-23/h2-12,17-18H,13-16,19-21H2,1H3,(H,33,38). The van der Waals surface area contributed by atoms with Crippen molar-refractivity contribution in [1.82, 2.24) is 25.4 Å². The maximum atomic E-state index is 12.7. The van der Waals surface area contributed by atoms with Gasteiger partial charge in [0, 0.05) is 41.8 Å². The molecule has 0 bridgehead atoms. The Morgan fingerprint density at radius 3 is 2.61 bits per heavy atom. The third kappa shape index (κ3) is 6.42. The van der Waals surface area contributed by atoms with Gasteiger partial charge in [0.05, 0.1) is 25.3 Å². The number of benzene rings is 3. The molecule has 6 rings (SSSR count). The molecule has 0 atom stereocenters. The number of ether oxygens (including phenoxy) is 2. The van der Waals surface area contributed by atoms with Gasteiger partial charge in [-0.1, -0.05) is 42.5 Å². The summed E-state index contributed by atoms with van der Waals surface area (Å²) in [5, 5.41) is 12.0. The molecule has 3 heterocycles. The number of carbonyl (C=O) groups excluding carboxylic acids is 1. The van der Waals surface area contributed by atoms with Crippen LogP contribution in [0.4, 0.5) is 0 Å². The molecule has 208 valence electrons. The number of pyridine rings is 1. The van der Waals surface area contributed by atoms with E-state index in [4.69, 9.17) is 18.9 Å². The largest absolute Gasteiger partial charge is 0.483 e. The quantitative estimate of drug-likeness (QED) is 0.280. The first kappa shape index (κ1) is 26.6. The Morgan fingerprint density at radius 1 is 0.951 bits per heavy atom. The van der Waals surface area contributed by atoms with Crippen molar-refractivity contribution in [3.8, 4) is 28.3 Å². The van der Waals surface area contributed by atoms with Crippen LogP contribution < -0.4 is 10.1 Å². The number of morpholine rings is 1. The number of rotatable bonds is 9. The first-order chi connectivity index (χ1) is 20.1. The van der Waals surface area contributed by atoms with E-state index in [1.807, 2.05) is 67.6 Å². The maximum absolute atomic E-state index is 12.7. The number of hydrogen-bond acceptors (Lipinski definition) is 8. The number of aryl methyl sites for hydroxylation is 1. The summed E-state index contributed by atoms with van der Waals surface area (Å²) in [7, 11) is 0. The highest BCUT2D eigenvalue weighted by molar-refractivity contribution is 5.94. The fourth-order valence-corrected chi connectivity index (χ4v) is 4.95. The van der Waals surface area contributed by atoms with Crippen molar-refractivity contribution in [2.45, 2.75) is 20.0 Å². The number of fused-ring (bicyclic) bond motifs is 1. The van der Waals surface area contributed by atoms with Crippen LogP contribution in [-0.2, 0) is 22.6 Å². The van der Waals surface area contributed by atoms with Crippen LogP contribution in [0.2, 0.25) is 0 Å². The molecule has 41 heavy (non-hydrogen) atoms. The van der Waals surface area contributed by atoms with E-state index in [1.165, 1.54) is 0 Å². The summed E-state index contributed by atoms with van der Waals surface area (Å²) in [6.45, 7) is 5.79. The lowest BCUT2D eigenvalue weighted by atomic mass is 9.98. The zero-order chi connectivity index (χ0) is 28.0. The Kier molecular flexibility index (Phi) is 7.97. The van der Waals surface area contributed by atoms with Crippen LogP contribution in [0.5, 0.6) is 5.75 Å². The minimum Gasteiger partial charge on any atom is -0.483 e. The van der Waals surface area contributed by atoms with E-state index in [9.17, 15) is 4.79 Å². The molecule has 3 aromatic carbocycles. The number of amides is 1. The highest BCUT2D eigenvalue weighted by Gasteiger charge is 2.17. The zero-order valence-electron chi connectivity index (χ0n) is 22.9. The van der Waals surface area contributed by atoms with Gasteiger partial charge in [0.15, 0.2) is 6.61 Å². The van der Waals surface area contributed by atoms with Gasteiger partial charge in [-0.05, 0) is 54.4 Å². The second-order valence-corrected chi connectivity index (χ2v) is 9.97. The monoisotopic (exact) mass is 549 g/mol. The predicted molar refractivity (Wildman–Crippen MR) is 155 cm³/mol. The van der Waals surface area contributed by atoms with Gasteiger partial charge in [-0.3, -0.25) is 14.7 Å². The first-order valence-corrected chi connectivity index (χ1v) is 13.7. The summed E-state index contributed by atoms with van der Waals surface area (Å²) in [5.41, 5.74) is 5.97. The molecule has 1 aliphatic rings. The van der Waals surface area contributed by atoms with Crippen LogP contribution in [0.15, 0.2) is 83.3 Å². The molecule has 0 unspecified atom stereocenters. The van der Waals surface area contributed by atoms with Gasteiger partial charge in [-0.15, -0.1) is 10.2 Å². The van der Waals surface area contributed by atoms with Crippen LogP contribution in [0.1, 0.15) is 17.1 Å². The lowest BCUT2D eigenvalue weighted by Crippen LogP contribution is -2.35.